The van der Waals surface area contributed by atoms with Crippen molar-refractivity contribution in [3.63, 3.8) is 0 Å². The highest BCUT2D eigenvalue weighted by Crippen LogP contribution is 2.41. The van der Waals surface area contributed by atoms with Gasteiger partial charge in [0.25, 0.3) is 11.8 Å². The van der Waals surface area contributed by atoms with E-state index in [0.717, 1.165) is 22.5 Å². The zero-order valence-corrected chi connectivity index (χ0v) is 28.5. The molecule has 1 heterocycles. The Morgan fingerprint density at radius 3 is 2.31 bits per heavy atom. The summed E-state index contributed by atoms with van der Waals surface area (Å²) in [4.78, 5) is 33.3. The van der Waals surface area contributed by atoms with Gasteiger partial charge in [0, 0.05) is 5.69 Å². The number of nitrogens with zero attached hydrogens (tertiary/aromatic N) is 2. The van der Waals surface area contributed by atoms with Crippen molar-refractivity contribution in [1.82, 2.24) is 0 Å². The van der Waals surface area contributed by atoms with Gasteiger partial charge in [-0.05, 0) is 115 Å². The molecule has 1 aliphatic rings. The number of thioether (sulfide) groups is 1. The van der Waals surface area contributed by atoms with Gasteiger partial charge in [0.15, 0.2) is 23.3 Å². The average Bonchev–Trinajstić information content (AvgIpc) is 3.30. The molecule has 5 rings (SSSR count). The lowest BCUT2D eigenvalue weighted by Gasteiger charge is -2.16. The highest BCUT2D eigenvalue weighted by Gasteiger charge is 2.35. The molecule has 0 aromatic heterocycles. The fourth-order valence-electron chi connectivity index (χ4n) is 4.33. The first-order valence-electron chi connectivity index (χ1n) is 13.9. The first-order valence-corrected chi connectivity index (χ1v) is 16.3. The molecule has 0 bridgehead atoms. The van der Waals surface area contributed by atoms with Crippen LogP contribution in [0.3, 0.4) is 0 Å². The lowest BCUT2D eigenvalue weighted by molar-refractivity contribution is -0.118. The van der Waals surface area contributed by atoms with Gasteiger partial charge in [-0.25, -0.2) is 4.99 Å². The highest BCUT2D eigenvalue weighted by atomic mass is 79.9. The van der Waals surface area contributed by atoms with Crippen molar-refractivity contribution in [2.24, 2.45) is 4.99 Å². The van der Waals surface area contributed by atoms with Crippen LogP contribution in [0.2, 0.25) is 10.0 Å². The van der Waals surface area contributed by atoms with Crippen molar-refractivity contribution in [1.29, 1.82) is 0 Å². The molecule has 1 aliphatic heterocycles. The first-order chi connectivity index (χ1) is 21.6. The Bertz CT molecular complexity index is 1810. The van der Waals surface area contributed by atoms with Crippen molar-refractivity contribution in [3.8, 4) is 11.5 Å². The van der Waals surface area contributed by atoms with E-state index in [9.17, 15) is 9.59 Å². The summed E-state index contributed by atoms with van der Waals surface area (Å²) in [5, 5.41) is 4.00. The number of aryl methyl sites for hydroxylation is 2. The molecule has 0 unspecified atom stereocenters. The number of anilines is 2. The number of aliphatic imine (C=N–C) groups is 1. The number of nitrogens with one attached hydrogen (secondary N) is 1. The summed E-state index contributed by atoms with van der Waals surface area (Å²) in [5.74, 6) is 0.193. The molecule has 0 saturated carbocycles. The Hall–Kier alpha value is -3.76. The Kier molecular flexibility index (Phi) is 10.6. The number of amidine groups is 1. The zero-order valence-electron chi connectivity index (χ0n) is 24.6. The van der Waals surface area contributed by atoms with E-state index in [2.05, 4.69) is 21.2 Å². The van der Waals surface area contributed by atoms with Gasteiger partial charge < -0.3 is 14.8 Å². The van der Waals surface area contributed by atoms with Gasteiger partial charge in [-0.2, -0.15) is 0 Å². The van der Waals surface area contributed by atoms with Crippen molar-refractivity contribution in [2.75, 3.05) is 23.4 Å². The Morgan fingerprint density at radius 2 is 1.64 bits per heavy atom. The lowest BCUT2D eigenvalue weighted by Crippen LogP contribution is -2.28. The predicted octanol–water partition coefficient (Wildman–Crippen LogP) is 9.60. The molecule has 1 fully saturated rings. The summed E-state index contributed by atoms with van der Waals surface area (Å²) < 4.78 is 12.3. The second-order valence-electron chi connectivity index (χ2n) is 10.0. The van der Waals surface area contributed by atoms with E-state index < -0.39 is 5.91 Å². The standard InChI is InChI=1S/C34H28BrCl2N3O4S/c1-4-43-29-16-22(15-26(35)32(29)44-19-31(41)38-24-11-14-27(36)28(37)18-24)17-30-33(42)40(25-12-7-21(3)8-13-25)34(45-30)39-23-9-5-20(2)6-10-23/h5-18H,4,19H2,1-3H3,(H,38,41)/b30-17+,39-34?. The smallest absolute Gasteiger partial charge is 0.271 e. The molecule has 0 spiro atoms. The largest absolute Gasteiger partial charge is 0.490 e. The molecule has 7 nitrogen and oxygen atoms in total. The maximum Gasteiger partial charge on any atom is 0.271 e. The third kappa shape index (κ3) is 8.10. The van der Waals surface area contributed by atoms with Gasteiger partial charge in [-0.1, -0.05) is 58.6 Å². The maximum atomic E-state index is 13.8. The van der Waals surface area contributed by atoms with E-state index in [1.54, 1.807) is 41.3 Å². The Morgan fingerprint density at radius 1 is 0.956 bits per heavy atom. The minimum Gasteiger partial charge on any atom is -0.490 e. The van der Waals surface area contributed by atoms with Gasteiger partial charge in [-0.3, -0.25) is 14.5 Å². The molecular formula is C34H28BrCl2N3O4S. The van der Waals surface area contributed by atoms with Crippen LogP contribution in [0.25, 0.3) is 6.08 Å². The van der Waals surface area contributed by atoms with Gasteiger partial charge in [0.05, 0.1) is 37.4 Å². The van der Waals surface area contributed by atoms with E-state index in [1.807, 2.05) is 69.3 Å². The first kappa shape index (κ1) is 32.6. The molecule has 1 N–H and O–H groups in total. The lowest BCUT2D eigenvalue weighted by atomic mass is 10.1. The molecular weight excluding hydrogens is 697 g/mol. The number of hydrogen-bond donors (Lipinski definition) is 1. The van der Waals surface area contributed by atoms with Crippen LogP contribution in [0.15, 0.2) is 93.2 Å². The fraction of sp³-hybridized carbons (Fsp3) is 0.147. The molecule has 4 aromatic rings. The number of benzene rings is 4. The number of ether oxygens (including phenoxy) is 2. The minimum absolute atomic E-state index is 0.192. The fourth-order valence-corrected chi connectivity index (χ4v) is 6.21. The minimum atomic E-state index is -0.390. The van der Waals surface area contributed by atoms with Gasteiger partial charge in [0.1, 0.15) is 0 Å². The average molecular weight is 725 g/mol. The van der Waals surface area contributed by atoms with Gasteiger partial charge in [-0.15, -0.1) is 0 Å². The number of amides is 2. The molecule has 45 heavy (non-hydrogen) atoms. The topological polar surface area (TPSA) is 80.2 Å². The molecule has 0 aliphatic carbocycles. The molecule has 1 saturated heterocycles. The number of halogens is 3. The molecule has 230 valence electrons. The monoisotopic (exact) mass is 723 g/mol. The molecule has 4 aromatic carbocycles. The Labute approximate surface area is 284 Å². The highest BCUT2D eigenvalue weighted by molar-refractivity contribution is 9.10. The predicted molar refractivity (Wildman–Crippen MR) is 188 cm³/mol. The number of hydrogen-bond acceptors (Lipinski definition) is 6. The quantitative estimate of drug-likeness (QED) is 0.174. The number of carbonyl (C=O) groups is 2. The molecule has 0 radical (unpaired) electrons. The summed E-state index contributed by atoms with van der Waals surface area (Å²) in [6, 6.07) is 24.0. The van der Waals surface area contributed by atoms with Crippen LogP contribution >= 0.6 is 50.9 Å². The summed E-state index contributed by atoms with van der Waals surface area (Å²) in [6.07, 6.45) is 1.79. The van der Waals surface area contributed by atoms with Crippen LogP contribution in [-0.2, 0) is 9.59 Å². The van der Waals surface area contributed by atoms with E-state index >= 15 is 0 Å². The third-order valence-corrected chi connectivity index (χ3v) is 8.83. The van der Waals surface area contributed by atoms with E-state index in [4.69, 9.17) is 37.7 Å². The zero-order chi connectivity index (χ0) is 32.1. The van der Waals surface area contributed by atoms with E-state index in [1.165, 1.54) is 11.8 Å². The van der Waals surface area contributed by atoms with Crippen LogP contribution in [0.5, 0.6) is 11.5 Å². The second kappa shape index (κ2) is 14.6. The van der Waals surface area contributed by atoms with Crippen molar-refractivity contribution >= 4 is 91.0 Å². The molecule has 11 heteroatoms. The van der Waals surface area contributed by atoms with Crippen LogP contribution in [0.4, 0.5) is 17.1 Å². The normalized spacial score (nSPS) is 14.7. The third-order valence-electron chi connectivity index (χ3n) is 6.54. The van der Waals surface area contributed by atoms with E-state index in [-0.39, 0.29) is 12.5 Å². The van der Waals surface area contributed by atoms with Crippen molar-refractivity contribution in [3.05, 3.63) is 115 Å². The maximum absolute atomic E-state index is 13.8. The SMILES string of the molecule is CCOc1cc(/C=C2/SC(=Nc3ccc(C)cc3)N(c3ccc(C)cc3)C2=O)cc(Br)c1OCC(=O)Nc1ccc(Cl)c(Cl)c1. The van der Waals surface area contributed by atoms with Gasteiger partial charge in [0.2, 0.25) is 0 Å². The summed E-state index contributed by atoms with van der Waals surface area (Å²) in [6.45, 7) is 5.95. The molecule has 0 atom stereocenters. The van der Waals surface area contributed by atoms with Gasteiger partial charge >= 0.3 is 0 Å². The van der Waals surface area contributed by atoms with Crippen molar-refractivity contribution in [2.45, 2.75) is 20.8 Å². The summed E-state index contributed by atoms with van der Waals surface area (Å²) >= 11 is 16.9. The number of carbonyl (C=O) groups excluding carboxylic acids is 2. The van der Waals surface area contributed by atoms with Crippen LogP contribution < -0.4 is 19.7 Å². The summed E-state index contributed by atoms with van der Waals surface area (Å²) in [7, 11) is 0. The Balaban J connectivity index is 1.41. The van der Waals surface area contributed by atoms with E-state index in [0.29, 0.717) is 53.9 Å². The van der Waals surface area contributed by atoms with Crippen LogP contribution in [0, 0.1) is 13.8 Å². The summed E-state index contributed by atoms with van der Waals surface area (Å²) in [5.41, 5.74) is 4.89. The number of rotatable bonds is 9. The molecule has 2 amide bonds. The second-order valence-corrected chi connectivity index (χ2v) is 12.7. The van der Waals surface area contributed by atoms with Crippen LogP contribution in [0.1, 0.15) is 23.6 Å². The van der Waals surface area contributed by atoms with Crippen LogP contribution in [-0.4, -0.2) is 30.2 Å². The van der Waals surface area contributed by atoms with Crippen molar-refractivity contribution < 1.29 is 19.1 Å².